The quantitative estimate of drug-likeness (QED) is 0.765. The molecule has 1 unspecified atom stereocenters. The van der Waals surface area contributed by atoms with E-state index in [4.69, 9.17) is 5.73 Å². The van der Waals surface area contributed by atoms with Crippen LogP contribution in [0, 0.1) is 5.92 Å². The van der Waals surface area contributed by atoms with Crippen LogP contribution in [-0.4, -0.2) is 54.5 Å². The predicted octanol–water partition coefficient (Wildman–Crippen LogP) is 1.69. The van der Waals surface area contributed by atoms with Crippen LogP contribution in [0.4, 0.5) is 0 Å². The summed E-state index contributed by atoms with van der Waals surface area (Å²) in [6.07, 6.45) is 3.83. The zero-order valence-corrected chi connectivity index (χ0v) is 12.9. The van der Waals surface area contributed by atoms with Gasteiger partial charge in [-0.25, -0.2) is 0 Å². The van der Waals surface area contributed by atoms with Crippen molar-refractivity contribution < 1.29 is 4.79 Å². The Labute approximate surface area is 118 Å². The van der Waals surface area contributed by atoms with Crippen molar-refractivity contribution in [3.05, 3.63) is 0 Å². The van der Waals surface area contributed by atoms with Gasteiger partial charge in [0.1, 0.15) is 0 Å². The van der Waals surface area contributed by atoms with Gasteiger partial charge in [-0.05, 0) is 44.8 Å². The standard InChI is InChI=1S/C15H31N3O/c1-4-17(5-2)14-8-10-18(11-9-14)15(19)7-6-13(3)12-16/h13-14H,4-12,16H2,1-3H3. The van der Waals surface area contributed by atoms with Gasteiger partial charge >= 0.3 is 0 Å². The SMILES string of the molecule is CCN(CC)C1CCN(C(=O)CCC(C)CN)CC1. The van der Waals surface area contributed by atoms with Crippen LogP contribution in [-0.2, 0) is 4.79 Å². The van der Waals surface area contributed by atoms with Crippen LogP contribution in [0.5, 0.6) is 0 Å². The lowest BCUT2D eigenvalue weighted by atomic mass is 10.0. The number of likely N-dealkylation sites (tertiary alicyclic amines) is 1. The fourth-order valence-corrected chi connectivity index (χ4v) is 2.87. The predicted molar refractivity (Wildman–Crippen MR) is 80.0 cm³/mol. The highest BCUT2D eigenvalue weighted by Crippen LogP contribution is 2.17. The molecule has 1 fully saturated rings. The minimum atomic E-state index is 0.318. The molecule has 1 aliphatic heterocycles. The topological polar surface area (TPSA) is 49.6 Å². The Hall–Kier alpha value is -0.610. The van der Waals surface area contributed by atoms with Crippen LogP contribution in [0.1, 0.15) is 46.5 Å². The first-order chi connectivity index (χ1) is 9.12. The maximum absolute atomic E-state index is 12.1. The summed E-state index contributed by atoms with van der Waals surface area (Å²) >= 11 is 0. The van der Waals surface area contributed by atoms with E-state index >= 15 is 0 Å². The van der Waals surface area contributed by atoms with Crippen LogP contribution in [0.25, 0.3) is 0 Å². The molecule has 1 atom stereocenters. The Morgan fingerprint density at radius 2 is 1.89 bits per heavy atom. The van der Waals surface area contributed by atoms with Crippen molar-refractivity contribution in [2.45, 2.75) is 52.5 Å². The van der Waals surface area contributed by atoms with Crippen LogP contribution < -0.4 is 5.73 Å². The number of hydrogen-bond acceptors (Lipinski definition) is 3. The molecular weight excluding hydrogens is 238 g/mol. The highest BCUT2D eigenvalue weighted by molar-refractivity contribution is 5.76. The van der Waals surface area contributed by atoms with E-state index in [1.807, 2.05) is 4.90 Å². The molecule has 0 aromatic carbocycles. The molecular formula is C15H31N3O. The first-order valence-corrected chi connectivity index (χ1v) is 7.84. The van der Waals surface area contributed by atoms with Crippen molar-refractivity contribution in [1.82, 2.24) is 9.80 Å². The first kappa shape index (κ1) is 16.4. The highest BCUT2D eigenvalue weighted by atomic mass is 16.2. The average molecular weight is 269 g/mol. The molecule has 112 valence electrons. The van der Waals surface area contributed by atoms with Crippen molar-refractivity contribution in [2.75, 3.05) is 32.7 Å². The minimum Gasteiger partial charge on any atom is -0.343 e. The molecule has 1 amide bonds. The monoisotopic (exact) mass is 269 g/mol. The van der Waals surface area contributed by atoms with Gasteiger partial charge in [0.15, 0.2) is 0 Å². The number of carbonyl (C=O) groups excluding carboxylic acids is 1. The Balaban J connectivity index is 2.30. The van der Waals surface area contributed by atoms with Gasteiger partial charge in [-0.15, -0.1) is 0 Å². The van der Waals surface area contributed by atoms with E-state index in [-0.39, 0.29) is 0 Å². The highest BCUT2D eigenvalue weighted by Gasteiger charge is 2.25. The number of amides is 1. The van der Waals surface area contributed by atoms with Crippen LogP contribution in [0.15, 0.2) is 0 Å². The molecule has 2 N–H and O–H groups in total. The van der Waals surface area contributed by atoms with Gasteiger partial charge in [0, 0.05) is 25.6 Å². The van der Waals surface area contributed by atoms with Gasteiger partial charge in [-0.3, -0.25) is 4.79 Å². The third-order valence-electron chi connectivity index (χ3n) is 4.40. The second-order valence-corrected chi connectivity index (χ2v) is 5.71. The molecule has 0 radical (unpaired) electrons. The normalized spacial score (nSPS) is 18.9. The van der Waals surface area contributed by atoms with Crippen LogP contribution in [0.3, 0.4) is 0 Å². The molecule has 0 spiro atoms. The van der Waals surface area contributed by atoms with E-state index in [2.05, 4.69) is 25.7 Å². The van der Waals surface area contributed by atoms with Crippen molar-refractivity contribution in [1.29, 1.82) is 0 Å². The summed E-state index contributed by atoms with van der Waals surface area (Å²) in [6.45, 7) is 11.3. The lowest BCUT2D eigenvalue weighted by molar-refractivity contribution is -0.133. The van der Waals surface area contributed by atoms with Crippen molar-refractivity contribution in [3.8, 4) is 0 Å². The molecule has 0 aliphatic carbocycles. The second kappa shape index (κ2) is 8.54. The Kier molecular flexibility index (Phi) is 7.39. The molecule has 4 heteroatoms. The second-order valence-electron chi connectivity index (χ2n) is 5.71. The Morgan fingerprint density at radius 3 is 2.37 bits per heavy atom. The number of nitrogens with two attached hydrogens (primary N) is 1. The largest absolute Gasteiger partial charge is 0.343 e. The van der Waals surface area contributed by atoms with Gasteiger partial charge in [-0.1, -0.05) is 20.8 Å². The molecule has 4 nitrogen and oxygen atoms in total. The third kappa shape index (κ3) is 5.11. The summed E-state index contributed by atoms with van der Waals surface area (Å²) in [5.41, 5.74) is 5.59. The molecule has 1 saturated heterocycles. The number of nitrogens with zero attached hydrogens (tertiary/aromatic N) is 2. The molecule has 0 aromatic rings. The van der Waals surface area contributed by atoms with E-state index in [1.165, 1.54) is 0 Å². The van der Waals surface area contributed by atoms with Gasteiger partial charge in [0.25, 0.3) is 0 Å². The van der Waals surface area contributed by atoms with Crippen LogP contribution >= 0.6 is 0 Å². The zero-order chi connectivity index (χ0) is 14.3. The lowest BCUT2D eigenvalue weighted by Crippen LogP contribution is -2.46. The van der Waals surface area contributed by atoms with Crippen molar-refractivity contribution in [3.63, 3.8) is 0 Å². The fraction of sp³-hybridized carbons (Fsp3) is 0.933. The van der Waals surface area contributed by atoms with Gasteiger partial charge in [0.2, 0.25) is 5.91 Å². The summed E-state index contributed by atoms with van der Waals surface area (Å²) in [7, 11) is 0. The summed E-state index contributed by atoms with van der Waals surface area (Å²) < 4.78 is 0. The lowest BCUT2D eigenvalue weighted by Gasteiger charge is -2.37. The fourth-order valence-electron chi connectivity index (χ4n) is 2.87. The summed E-state index contributed by atoms with van der Waals surface area (Å²) in [6, 6.07) is 0.669. The number of carbonyl (C=O) groups is 1. The van der Waals surface area contributed by atoms with Crippen LogP contribution in [0.2, 0.25) is 0 Å². The van der Waals surface area contributed by atoms with Crippen molar-refractivity contribution in [2.24, 2.45) is 11.7 Å². The van der Waals surface area contributed by atoms with E-state index < -0.39 is 0 Å². The number of piperidine rings is 1. The molecule has 1 rings (SSSR count). The Morgan fingerprint density at radius 1 is 1.32 bits per heavy atom. The Bertz CT molecular complexity index is 258. The molecule has 0 saturated carbocycles. The average Bonchev–Trinajstić information content (AvgIpc) is 2.46. The maximum atomic E-state index is 12.1. The maximum Gasteiger partial charge on any atom is 0.222 e. The molecule has 19 heavy (non-hydrogen) atoms. The smallest absolute Gasteiger partial charge is 0.222 e. The molecule has 0 bridgehead atoms. The first-order valence-electron chi connectivity index (χ1n) is 7.84. The summed E-state index contributed by atoms with van der Waals surface area (Å²) in [4.78, 5) is 16.7. The minimum absolute atomic E-state index is 0.318. The molecule has 1 heterocycles. The summed E-state index contributed by atoms with van der Waals surface area (Å²) in [5, 5.41) is 0. The van der Waals surface area contributed by atoms with E-state index in [9.17, 15) is 4.79 Å². The van der Waals surface area contributed by atoms with Gasteiger partial charge in [0.05, 0.1) is 0 Å². The number of hydrogen-bond donors (Lipinski definition) is 1. The third-order valence-corrected chi connectivity index (χ3v) is 4.40. The number of rotatable bonds is 7. The van der Waals surface area contributed by atoms with Gasteiger partial charge in [-0.2, -0.15) is 0 Å². The van der Waals surface area contributed by atoms with Gasteiger partial charge < -0.3 is 15.5 Å². The van der Waals surface area contributed by atoms with E-state index in [0.717, 1.165) is 45.4 Å². The van der Waals surface area contributed by atoms with E-state index in [1.54, 1.807) is 0 Å². The zero-order valence-electron chi connectivity index (χ0n) is 12.9. The van der Waals surface area contributed by atoms with E-state index in [0.29, 0.717) is 30.8 Å². The summed E-state index contributed by atoms with van der Waals surface area (Å²) in [5.74, 6) is 0.774. The van der Waals surface area contributed by atoms with Crippen molar-refractivity contribution >= 4 is 5.91 Å². The molecule has 0 aromatic heterocycles. The molecule has 1 aliphatic rings.